The molecule has 2 aromatic carbocycles. The first-order valence-corrected chi connectivity index (χ1v) is 6.59. The second kappa shape index (κ2) is 5.87. The first-order chi connectivity index (χ1) is 8.25. The molecule has 0 unspecified atom stereocenters. The van der Waals surface area contributed by atoms with Crippen LogP contribution in [0.3, 0.4) is 0 Å². The smallest absolute Gasteiger partial charge is 0.0343 e. The van der Waals surface area contributed by atoms with Gasteiger partial charge in [-0.05, 0) is 42.7 Å². The molecule has 0 atom stereocenters. The van der Waals surface area contributed by atoms with Crippen LogP contribution >= 0.6 is 15.9 Å². The highest BCUT2D eigenvalue weighted by Crippen LogP contribution is 2.19. The highest BCUT2D eigenvalue weighted by Gasteiger charge is 1.97. The van der Waals surface area contributed by atoms with Crippen LogP contribution in [0.4, 0.5) is 5.69 Å². The molecule has 0 amide bonds. The Morgan fingerprint density at radius 1 is 1.06 bits per heavy atom. The van der Waals surface area contributed by atoms with Gasteiger partial charge in [0.2, 0.25) is 0 Å². The van der Waals surface area contributed by atoms with Gasteiger partial charge in [0, 0.05) is 16.7 Å². The molecular weight excluding hydrogens is 274 g/mol. The topological polar surface area (TPSA) is 12.0 Å². The molecule has 17 heavy (non-hydrogen) atoms. The molecule has 0 heterocycles. The fourth-order valence-electron chi connectivity index (χ4n) is 1.75. The maximum Gasteiger partial charge on any atom is 0.0343 e. The van der Waals surface area contributed by atoms with Crippen molar-refractivity contribution in [3.63, 3.8) is 0 Å². The molecule has 0 aliphatic rings. The zero-order valence-corrected chi connectivity index (χ0v) is 11.5. The van der Waals surface area contributed by atoms with Crippen molar-refractivity contribution in [2.24, 2.45) is 0 Å². The van der Waals surface area contributed by atoms with E-state index in [-0.39, 0.29) is 0 Å². The number of rotatable bonds is 4. The van der Waals surface area contributed by atoms with Gasteiger partial charge in [0.25, 0.3) is 0 Å². The van der Waals surface area contributed by atoms with Crippen LogP contribution in [0.25, 0.3) is 0 Å². The van der Waals surface area contributed by atoms with Gasteiger partial charge in [-0.1, -0.05) is 46.3 Å². The number of aryl methyl sites for hydroxylation is 1. The van der Waals surface area contributed by atoms with Crippen LogP contribution in [0.1, 0.15) is 11.1 Å². The highest BCUT2D eigenvalue weighted by molar-refractivity contribution is 9.10. The zero-order valence-electron chi connectivity index (χ0n) is 9.91. The van der Waals surface area contributed by atoms with E-state index in [1.54, 1.807) is 0 Å². The third kappa shape index (κ3) is 3.60. The van der Waals surface area contributed by atoms with E-state index in [1.807, 2.05) is 0 Å². The summed E-state index contributed by atoms with van der Waals surface area (Å²) in [7, 11) is 0. The number of benzene rings is 2. The predicted molar refractivity (Wildman–Crippen MR) is 77.5 cm³/mol. The van der Waals surface area contributed by atoms with Crippen molar-refractivity contribution in [3.05, 3.63) is 64.1 Å². The molecule has 0 radical (unpaired) electrons. The Labute approximate surface area is 111 Å². The minimum atomic E-state index is 0.963. The normalized spacial score (nSPS) is 10.2. The first kappa shape index (κ1) is 12.2. The van der Waals surface area contributed by atoms with Crippen molar-refractivity contribution in [2.45, 2.75) is 13.3 Å². The minimum Gasteiger partial charge on any atom is -0.385 e. The van der Waals surface area contributed by atoms with Gasteiger partial charge in [-0.25, -0.2) is 0 Å². The van der Waals surface area contributed by atoms with E-state index in [9.17, 15) is 0 Å². The largest absolute Gasteiger partial charge is 0.385 e. The molecule has 0 saturated carbocycles. The quantitative estimate of drug-likeness (QED) is 0.879. The Kier molecular flexibility index (Phi) is 4.21. The summed E-state index contributed by atoms with van der Waals surface area (Å²) in [5.41, 5.74) is 3.81. The summed E-state index contributed by atoms with van der Waals surface area (Å²) in [6.07, 6.45) is 1.05. The van der Waals surface area contributed by atoms with Crippen LogP contribution in [0.5, 0.6) is 0 Å². The third-order valence-electron chi connectivity index (χ3n) is 2.74. The van der Waals surface area contributed by atoms with E-state index in [1.165, 1.54) is 16.8 Å². The Morgan fingerprint density at radius 3 is 2.53 bits per heavy atom. The summed E-state index contributed by atoms with van der Waals surface area (Å²) < 4.78 is 1.16. The van der Waals surface area contributed by atoms with Crippen LogP contribution < -0.4 is 5.32 Å². The van der Waals surface area contributed by atoms with Crippen molar-refractivity contribution in [1.29, 1.82) is 0 Å². The zero-order chi connectivity index (χ0) is 12.1. The lowest BCUT2D eigenvalue weighted by Crippen LogP contribution is -2.04. The molecule has 0 saturated heterocycles. The molecule has 1 N–H and O–H groups in total. The lowest BCUT2D eigenvalue weighted by atomic mass is 10.1. The maximum atomic E-state index is 3.51. The van der Waals surface area contributed by atoms with Gasteiger partial charge in [0.15, 0.2) is 0 Å². The molecule has 1 nitrogen and oxygen atoms in total. The number of nitrogens with one attached hydrogen (secondary N) is 1. The second-order valence-electron chi connectivity index (χ2n) is 4.13. The van der Waals surface area contributed by atoms with Crippen LogP contribution in [-0.2, 0) is 6.42 Å². The Hall–Kier alpha value is -1.28. The van der Waals surface area contributed by atoms with Gasteiger partial charge in [-0.2, -0.15) is 0 Å². The summed E-state index contributed by atoms with van der Waals surface area (Å²) in [6.45, 7) is 3.07. The number of halogens is 1. The predicted octanol–water partition coefficient (Wildman–Crippen LogP) is 4.41. The Morgan fingerprint density at radius 2 is 1.82 bits per heavy atom. The van der Waals surface area contributed by atoms with Crippen LogP contribution in [-0.4, -0.2) is 6.54 Å². The Bertz CT molecular complexity index is 480. The van der Waals surface area contributed by atoms with Crippen LogP contribution in [0, 0.1) is 6.92 Å². The third-order valence-corrected chi connectivity index (χ3v) is 3.63. The van der Waals surface area contributed by atoms with Crippen LogP contribution in [0.2, 0.25) is 0 Å². The van der Waals surface area contributed by atoms with E-state index < -0.39 is 0 Å². The van der Waals surface area contributed by atoms with E-state index in [0.29, 0.717) is 0 Å². The highest BCUT2D eigenvalue weighted by atomic mass is 79.9. The van der Waals surface area contributed by atoms with Gasteiger partial charge in [-0.15, -0.1) is 0 Å². The molecule has 0 aliphatic carbocycles. The average Bonchev–Trinajstić information content (AvgIpc) is 2.35. The van der Waals surface area contributed by atoms with Crippen molar-refractivity contribution < 1.29 is 0 Å². The molecule has 2 rings (SSSR count). The molecule has 0 aromatic heterocycles. The first-order valence-electron chi connectivity index (χ1n) is 5.79. The summed E-state index contributed by atoms with van der Waals surface area (Å²) in [5, 5.41) is 3.44. The standard InChI is InChI=1S/C15H16BrN/c1-12-11-14(7-8-15(12)16)17-10-9-13-5-3-2-4-6-13/h2-8,11,17H,9-10H2,1H3. The number of anilines is 1. The lowest BCUT2D eigenvalue weighted by Gasteiger charge is -2.08. The van der Waals surface area contributed by atoms with Crippen molar-refractivity contribution in [3.8, 4) is 0 Å². The summed E-state index contributed by atoms with van der Waals surface area (Å²) in [6, 6.07) is 16.9. The second-order valence-corrected chi connectivity index (χ2v) is 4.98. The maximum absolute atomic E-state index is 3.51. The monoisotopic (exact) mass is 289 g/mol. The van der Waals surface area contributed by atoms with Gasteiger partial charge in [-0.3, -0.25) is 0 Å². The van der Waals surface area contributed by atoms with E-state index in [4.69, 9.17) is 0 Å². The van der Waals surface area contributed by atoms with Gasteiger partial charge >= 0.3 is 0 Å². The van der Waals surface area contributed by atoms with Gasteiger partial charge in [0.1, 0.15) is 0 Å². The molecule has 88 valence electrons. The van der Waals surface area contributed by atoms with Crippen molar-refractivity contribution >= 4 is 21.6 Å². The van der Waals surface area contributed by atoms with Crippen LogP contribution in [0.15, 0.2) is 53.0 Å². The molecule has 0 aliphatic heterocycles. The Balaban J connectivity index is 1.88. The van der Waals surface area contributed by atoms with Gasteiger partial charge < -0.3 is 5.32 Å². The SMILES string of the molecule is Cc1cc(NCCc2ccccc2)ccc1Br. The fraction of sp³-hybridized carbons (Fsp3) is 0.200. The van der Waals surface area contributed by atoms with Crippen molar-refractivity contribution in [1.82, 2.24) is 0 Å². The summed E-state index contributed by atoms with van der Waals surface area (Å²) >= 11 is 3.51. The molecule has 0 spiro atoms. The molecule has 0 fully saturated rings. The lowest BCUT2D eigenvalue weighted by molar-refractivity contribution is 1.02. The summed E-state index contributed by atoms with van der Waals surface area (Å²) in [4.78, 5) is 0. The molecule has 2 heteroatoms. The number of hydrogen-bond acceptors (Lipinski definition) is 1. The summed E-state index contributed by atoms with van der Waals surface area (Å²) in [5.74, 6) is 0. The van der Waals surface area contributed by atoms with E-state index in [2.05, 4.69) is 76.7 Å². The molecule has 2 aromatic rings. The van der Waals surface area contributed by atoms with E-state index in [0.717, 1.165) is 17.4 Å². The number of hydrogen-bond donors (Lipinski definition) is 1. The average molecular weight is 290 g/mol. The fourth-order valence-corrected chi connectivity index (χ4v) is 2.00. The minimum absolute atomic E-state index is 0.963. The van der Waals surface area contributed by atoms with E-state index >= 15 is 0 Å². The van der Waals surface area contributed by atoms with Crippen molar-refractivity contribution in [2.75, 3.05) is 11.9 Å². The van der Waals surface area contributed by atoms with Gasteiger partial charge in [0.05, 0.1) is 0 Å². The molecule has 0 bridgehead atoms. The molecular formula is C15H16BrN.